The standard InChI is InChI=1S/C25H34N2O2/c1-17-9-10-21-22(25(17)28)15-23(29-24(21)16-26-3)20-11-13-27(14-12-20)18(2)19-7-5-4-6-8-19/h4-10,18,20,23-24,26,28H,11-16H2,1-3H3/t18?,23-,24-/m0/s1. The van der Waals surface area contributed by atoms with E-state index in [4.69, 9.17) is 4.74 Å². The van der Waals surface area contributed by atoms with E-state index in [2.05, 4.69) is 53.5 Å². The van der Waals surface area contributed by atoms with Gasteiger partial charge in [-0.3, -0.25) is 4.90 Å². The average molecular weight is 395 g/mol. The van der Waals surface area contributed by atoms with Crippen LogP contribution in [0.2, 0.25) is 0 Å². The quantitative estimate of drug-likeness (QED) is 0.790. The third kappa shape index (κ3) is 4.20. The third-order valence-corrected chi connectivity index (χ3v) is 6.93. The summed E-state index contributed by atoms with van der Waals surface area (Å²) in [5, 5.41) is 14.0. The number of likely N-dealkylation sites (tertiary alicyclic amines) is 1. The first-order valence-corrected chi connectivity index (χ1v) is 11.0. The van der Waals surface area contributed by atoms with E-state index in [0.29, 0.717) is 17.7 Å². The van der Waals surface area contributed by atoms with E-state index in [-0.39, 0.29) is 12.2 Å². The lowest BCUT2D eigenvalue weighted by Gasteiger charge is -2.42. The molecule has 4 heteroatoms. The fourth-order valence-electron chi connectivity index (χ4n) is 5.06. The van der Waals surface area contributed by atoms with Gasteiger partial charge in [0.05, 0.1) is 12.2 Å². The molecule has 156 valence electrons. The molecule has 2 heterocycles. The van der Waals surface area contributed by atoms with Crippen LogP contribution in [0.1, 0.15) is 54.2 Å². The van der Waals surface area contributed by atoms with Crippen molar-refractivity contribution < 1.29 is 9.84 Å². The number of benzene rings is 2. The van der Waals surface area contributed by atoms with Crippen molar-refractivity contribution in [3.8, 4) is 5.75 Å². The molecule has 4 nitrogen and oxygen atoms in total. The molecule has 1 saturated heterocycles. The first-order valence-electron chi connectivity index (χ1n) is 11.0. The molecule has 0 aromatic heterocycles. The maximum Gasteiger partial charge on any atom is 0.122 e. The molecule has 1 unspecified atom stereocenters. The van der Waals surface area contributed by atoms with Gasteiger partial charge in [-0.1, -0.05) is 42.5 Å². The molecule has 2 aliphatic rings. The minimum Gasteiger partial charge on any atom is -0.507 e. The van der Waals surface area contributed by atoms with Gasteiger partial charge >= 0.3 is 0 Å². The maximum atomic E-state index is 10.7. The molecule has 0 amide bonds. The number of piperidine rings is 1. The number of ether oxygens (including phenoxy) is 1. The summed E-state index contributed by atoms with van der Waals surface area (Å²) in [6, 6.07) is 15.4. The summed E-state index contributed by atoms with van der Waals surface area (Å²) in [5.74, 6) is 1.01. The highest BCUT2D eigenvalue weighted by molar-refractivity contribution is 5.47. The molecule has 0 spiro atoms. The Kier molecular flexibility index (Phi) is 6.23. The predicted octanol–water partition coefficient (Wildman–Crippen LogP) is 4.38. The Labute approximate surface area is 174 Å². The Morgan fingerprint density at radius 2 is 1.86 bits per heavy atom. The zero-order valence-electron chi connectivity index (χ0n) is 17.9. The number of hydrogen-bond donors (Lipinski definition) is 2. The Balaban J connectivity index is 1.45. The van der Waals surface area contributed by atoms with Crippen molar-refractivity contribution in [3.63, 3.8) is 0 Å². The largest absolute Gasteiger partial charge is 0.507 e. The van der Waals surface area contributed by atoms with Crippen molar-refractivity contribution in [2.45, 2.75) is 51.4 Å². The van der Waals surface area contributed by atoms with E-state index in [1.54, 1.807) is 0 Å². The molecular formula is C25H34N2O2. The van der Waals surface area contributed by atoms with Crippen molar-refractivity contribution in [1.29, 1.82) is 0 Å². The highest BCUT2D eigenvalue weighted by atomic mass is 16.5. The smallest absolute Gasteiger partial charge is 0.122 e. The van der Waals surface area contributed by atoms with Crippen LogP contribution in [-0.2, 0) is 11.2 Å². The molecule has 2 aromatic carbocycles. The molecule has 0 bridgehead atoms. The number of phenols is 1. The molecule has 29 heavy (non-hydrogen) atoms. The van der Waals surface area contributed by atoms with Gasteiger partial charge in [-0.2, -0.15) is 0 Å². The van der Waals surface area contributed by atoms with Crippen LogP contribution >= 0.6 is 0 Å². The monoisotopic (exact) mass is 394 g/mol. The molecule has 3 atom stereocenters. The number of aromatic hydroxyl groups is 1. The van der Waals surface area contributed by atoms with Gasteiger partial charge in [-0.15, -0.1) is 0 Å². The summed E-state index contributed by atoms with van der Waals surface area (Å²) < 4.78 is 6.58. The third-order valence-electron chi connectivity index (χ3n) is 6.93. The van der Waals surface area contributed by atoms with Gasteiger partial charge in [0.25, 0.3) is 0 Å². The number of hydrogen-bond acceptors (Lipinski definition) is 4. The Morgan fingerprint density at radius 3 is 2.55 bits per heavy atom. The molecule has 0 saturated carbocycles. The van der Waals surface area contributed by atoms with Crippen molar-refractivity contribution >= 4 is 0 Å². The van der Waals surface area contributed by atoms with Crippen LogP contribution in [0, 0.1) is 12.8 Å². The van der Waals surface area contributed by atoms with Crippen molar-refractivity contribution in [2.75, 3.05) is 26.7 Å². The predicted molar refractivity (Wildman–Crippen MR) is 117 cm³/mol. The van der Waals surface area contributed by atoms with E-state index in [1.165, 1.54) is 5.56 Å². The maximum absolute atomic E-state index is 10.7. The fraction of sp³-hybridized carbons (Fsp3) is 0.520. The number of phenolic OH excluding ortho intramolecular Hbond substituents is 1. The number of nitrogens with zero attached hydrogens (tertiary/aromatic N) is 1. The summed E-state index contributed by atoms with van der Waals surface area (Å²) in [6.07, 6.45) is 3.32. The van der Waals surface area contributed by atoms with E-state index < -0.39 is 0 Å². The lowest BCUT2D eigenvalue weighted by Crippen LogP contribution is -2.43. The van der Waals surface area contributed by atoms with E-state index >= 15 is 0 Å². The van der Waals surface area contributed by atoms with Crippen molar-refractivity contribution in [1.82, 2.24) is 10.2 Å². The Hall–Kier alpha value is -1.88. The molecule has 4 rings (SSSR count). The van der Waals surface area contributed by atoms with Gasteiger partial charge < -0.3 is 15.2 Å². The topological polar surface area (TPSA) is 44.7 Å². The van der Waals surface area contributed by atoms with Gasteiger partial charge in [0, 0.05) is 24.6 Å². The van der Waals surface area contributed by atoms with Gasteiger partial charge in [0.1, 0.15) is 5.75 Å². The molecular weight excluding hydrogens is 360 g/mol. The second kappa shape index (κ2) is 8.86. The number of rotatable bonds is 5. The number of aryl methyl sites for hydroxylation is 1. The Morgan fingerprint density at radius 1 is 1.14 bits per heavy atom. The van der Waals surface area contributed by atoms with E-state index in [9.17, 15) is 5.11 Å². The van der Waals surface area contributed by atoms with Gasteiger partial charge in [0.15, 0.2) is 0 Å². The minimum absolute atomic E-state index is 0.0153. The summed E-state index contributed by atoms with van der Waals surface area (Å²) in [5.41, 5.74) is 4.60. The normalized spacial score (nSPS) is 24.2. The SMILES string of the molecule is CNC[C@@H]1O[C@H](C2CCN(C(C)c3ccccc3)CC2)Cc2c1ccc(C)c2O. The summed E-state index contributed by atoms with van der Waals surface area (Å²) in [4.78, 5) is 2.59. The summed E-state index contributed by atoms with van der Waals surface area (Å²) in [6.45, 7) is 7.27. The highest BCUT2D eigenvalue weighted by Gasteiger charge is 2.36. The van der Waals surface area contributed by atoms with E-state index in [0.717, 1.165) is 55.6 Å². The van der Waals surface area contributed by atoms with Crippen LogP contribution in [0.15, 0.2) is 42.5 Å². The highest BCUT2D eigenvalue weighted by Crippen LogP contribution is 2.41. The van der Waals surface area contributed by atoms with E-state index in [1.807, 2.05) is 20.0 Å². The van der Waals surface area contributed by atoms with Crippen LogP contribution in [0.3, 0.4) is 0 Å². The zero-order chi connectivity index (χ0) is 20.4. The number of likely N-dealkylation sites (N-methyl/N-ethyl adjacent to an activating group) is 1. The molecule has 1 fully saturated rings. The van der Waals surface area contributed by atoms with Crippen LogP contribution in [0.25, 0.3) is 0 Å². The van der Waals surface area contributed by atoms with Crippen LogP contribution in [0.5, 0.6) is 5.75 Å². The first-order chi connectivity index (χ1) is 14.1. The molecule has 0 aliphatic carbocycles. The second-order valence-electron chi connectivity index (χ2n) is 8.68. The summed E-state index contributed by atoms with van der Waals surface area (Å²) in [7, 11) is 1.96. The number of fused-ring (bicyclic) bond motifs is 1. The minimum atomic E-state index is 0.0153. The van der Waals surface area contributed by atoms with Gasteiger partial charge in [-0.25, -0.2) is 0 Å². The van der Waals surface area contributed by atoms with Crippen molar-refractivity contribution in [2.24, 2.45) is 5.92 Å². The molecule has 2 N–H and O–H groups in total. The van der Waals surface area contributed by atoms with Crippen LogP contribution < -0.4 is 5.32 Å². The lowest BCUT2D eigenvalue weighted by molar-refractivity contribution is -0.0689. The van der Waals surface area contributed by atoms with Gasteiger partial charge in [-0.05, 0) is 69.4 Å². The summed E-state index contributed by atoms with van der Waals surface area (Å²) >= 11 is 0. The zero-order valence-corrected chi connectivity index (χ0v) is 17.9. The second-order valence-corrected chi connectivity index (χ2v) is 8.68. The first kappa shape index (κ1) is 20.4. The van der Waals surface area contributed by atoms with Crippen LogP contribution in [0.4, 0.5) is 0 Å². The Bertz CT molecular complexity index is 815. The lowest BCUT2D eigenvalue weighted by atomic mass is 9.82. The molecule has 2 aliphatic heterocycles. The molecule has 0 radical (unpaired) electrons. The number of nitrogens with one attached hydrogen (secondary N) is 1. The fourth-order valence-corrected chi connectivity index (χ4v) is 5.06. The van der Waals surface area contributed by atoms with Crippen LogP contribution in [-0.4, -0.2) is 42.8 Å². The van der Waals surface area contributed by atoms with Gasteiger partial charge in [0.2, 0.25) is 0 Å². The average Bonchev–Trinajstić information content (AvgIpc) is 2.77. The molecule has 2 aromatic rings. The van der Waals surface area contributed by atoms with Crippen molar-refractivity contribution in [3.05, 3.63) is 64.7 Å².